The van der Waals surface area contributed by atoms with Crippen LogP contribution in [0.1, 0.15) is 28.9 Å². The molecule has 27 heavy (non-hydrogen) atoms. The Balaban J connectivity index is 1.73. The topological polar surface area (TPSA) is 98.6 Å². The van der Waals surface area contributed by atoms with Crippen LogP contribution in [0.15, 0.2) is 35.1 Å². The van der Waals surface area contributed by atoms with E-state index in [1.54, 1.807) is 0 Å². The van der Waals surface area contributed by atoms with Gasteiger partial charge in [-0.1, -0.05) is 6.07 Å². The van der Waals surface area contributed by atoms with Crippen LogP contribution >= 0.6 is 0 Å². The summed E-state index contributed by atoms with van der Waals surface area (Å²) < 4.78 is 2.17. The second kappa shape index (κ2) is 6.59. The first-order valence-corrected chi connectivity index (χ1v) is 8.94. The van der Waals surface area contributed by atoms with Gasteiger partial charge in [0.15, 0.2) is 5.56 Å². The molecule has 3 heterocycles. The van der Waals surface area contributed by atoms with Gasteiger partial charge >= 0.3 is 5.97 Å². The maximum Gasteiger partial charge on any atom is 0.345 e. The summed E-state index contributed by atoms with van der Waals surface area (Å²) in [7, 11) is 2.04. The summed E-state index contributed by atoms with van der Waals surface area (Å²) in [6, 6.07) is 9.18. The molecule has 0 aliphatic carbocycles. The molecule has 1 aliphatic rings. The number of aromatic amines is 1. The van der Waals surface area contributed by atoms with Crippen LogP contribution in [0.25, 0.3) is 22.2 Å². The van der Waals surface area contributed by atoms with Crippen molar-refractivity contribution in [1.29, 1.82) is 0 Å². The van der Waals surface area contributed by atoms with Crippen molar-refractivity contribution in [3.05, 3.63) is 51.9 Å². The summed E-state index contributed by atoms with van der Waals surface area (Å²) in [5.74, 6) is -1.99. The minimum Gasteiger partial charge on any atom is -0.507 e. The lowest BCUT2D eigenvalue weighted by atomic mass is 10.1. The van der Waals surface area contributed by atoms with Crippen molar-refractivity contribution in [2.45, 2.75) is 19.4 Å². The van der Waals surface area contributed by atoms with Gasteiger partial charge in [0.05, 0.1) is 5.69 Å². The van der Waals surface area contributed by atoms with E-state index in [9.17, 15) is 14.7 Å². The minimum atomic E-state index is -1.45. The van der Waals surface area contributed by atoms with Crippen molar-refractivity contribution >= 4 is 16.9 Å². The number of carboxylic acid groups (broad SMARTS) is 1. The minimum absolute atomic E-state index is 0.384. The van der Waals surface area contributed by atoms with Gasteiger partial charge in [-0.2, -0.15) is 0 Å². The van der Waals surface area contributed by atoms with E-state index in [0.29, 0.717) is 11.3 Å². The van der Waals surface area contributed by atoms with Crippen molar-refractivity contribution in [2.75, 3.05) is 13.1 Å². The predicted molar refractivity (Wildman–Crippen MR) is 102 cm³/mol. The van der Waals surface area contributed by atoms with Crippen LogP contribution in [-0.2, 0) is 13.6 Å². The molecular formula is C20H21N3O4. The van der Waals surface area contributed by atoms with Crippen molar-refractivity contribution in [2.24, 2.45) is 7.05 Å². The largest absolute Gasteiger partial charge is 0.507 e. The molecule has 7 heteroatoms. The fraction of sp³-hybridized carbons (Fsp3) is 0.300. The van der Waals surface area contributed by atoms with Crippen LogP contribution in [0.5, 0.6) is 5.75 Å². The van der Waals surface area contributed by atoms with E-state index in [1.807, 2.05) is 25.2 Å². The van der Waals surface area contributed by atoms with Gasteiger partial charge in [0.1, 0.15) is 5.75 Å². The molecule has 0 unspecified atom stereocenters. The SMILES string of the molecule is Cn1c(CN2CCCC2)cc2cc(-c3cc(O)c(C(=O)O)c(=O)[nH]3)ccc21. The van der Waals surface area contributed by atoms with E-state index in [4.69, 9.17) is 5.11 Å². The molecule has 3 aromatic rings. The van der Waals surface area contributed by atoms with Crippen molar-refractivity contribution in [3.63, 3.8) is 0 Å². The number of nitrogens with zero attached hydrogens (tertiary/aromatic N) is 2. The number of benzene rings is 1. The number of pyridine rings is 1. The predicted octanol–water partition coefficient (Wildman–Crippen LogP) is 2.53. The lowest BCUT2D eigenvalue weighted by molar-refractivity contribution is 0.0691. The third kappa shape index (κ3) is 3.10. The van der Waals surface area contributed by atoms with Crippen molar-refractivity contribution in [3.8, 4) is 17.0 Å². The number of likely N-dealkylation sites (tertiary alicyclic amines) is 1. The molecule has 2 aromatic heterocycles. The van der Waals surface area contributed by atoms with Crippen molar-refractivity contribution < 1.29 is 15.0 Å². The highest BCUT2D eigenvalue weighted by atomic mass is 16.4. The number of H-pyrrole nitrogens is 1. The molecule has 140 valence electrons. The Morgan fingerprint density at radius 3 is 2.59 bits per heavy atom. The number of carbonyl (C=O) groups is 1. The second-order valence-electron chi connectivity index (χ2n) is 7.03. The Morgan fingerprint density at radius 1 is 1.19 bits per heavy atom. The van der Waals surface area contributed by atoms with Gasteiger partial charge in [0.25, 0.3) is 5.56 Å². The molecule has 4 rings (SSSR count). The summed E-state index contributed by atoms with van der Waals surface area (Å²) >= 11 is 0. The number of nitrogens with one attached hydrogen (secondary N) is 1. The summed E-state index contributed by atoms with van der Waals surface area (Å²) in [5.41, 5.74) is 1.94. The van der Waals surface area contributed by atoms with Gasteiger partial charge in [-0.25, -0.2) is 4.79 Å². The molecule has 1 aromatic carbocycles. The Kier molecular flexibility index (Phi) is 4.24. The molecule has 0 amide bonds. The van der Waals surface area contributed by atoms with Crippen LogP contribution in [0, 0.1) is 0 Å². The Bertz CT molecular complexity index is 1090. The lowest BCUT2D eigenvalue weighted by Gasteiger charge is -2.15. The van der Waals surface area contributed by atoms with Gasteiger partial charge in [-0.05, 0) is 49.7 Å². The standard InChI is InChI=1S/C20H21N3O4/c1-22-14(11-23-6-2-3-7-23)9-13-8-12(4-5-16(13)22)15-10-17(24)18(20(26)27)19(25)21-15/h4-5,8-10H,2-3,6-7,11H2,1H3,(H,26,27)(H2,21,24,25). The highest BCUT2D eigenvalue weighted by Crippen LogP contribution is 2.28. The number of hydrogen-bond acceptors (Lipinski definition) is 4. The highest BCUT2D eigenvalue weighted by molar-refractivity contribution is 5.91. The summed E-state index contributed by atoms with van der Waals surface area (Å²) in [5, 5.41) is 20.0. The average molecular weight is 367 g/mol. The van der Waals surface area contributed by atoms with Gasteiger partial charge in [0, 0.05) is 36.3 Å². The number of carboxylic acids is 1. The molecule has 0 atom stereocenters. The second-order valence-corrected chi connectivity index (χ2v) is 7.03. The molecule has 1 aliphatic heterocycles. The maximum absolute atomic E-state index is 12.0. The van der Waals surface area contributed by atoms with Crippen LogP contribution in [0.2, 0.25) is 0 Å². The van der Waals surface area contributed by atoms with E-state index < -0.39 is 22.8 Å². The Morgan fingerprint density at radius 2 is 1.93 bits per heavy atom. The Hall–Kier alpha value is -3.06. The number of aromatic hydroxyl groups is 1. The number of aromatic nitrogens is 2. The molecule has 7 nitrogen and oxygen atoms in total. The fourth-order valence-corrected chi connectivity index (χ4v) is 3.80. The number of fused-ring (bicyclic) bond motifs is 1. The van der Waals surface area contributed by atoms with Crippen LogP contribution in [-0.4, -0.2) is 43.7 Å². The molecule has 0 spiro atoms. The average Bonchev–Trinajstić information content (AvgIpc) is 3.22. The third-order valence-corrected chi connectivity index (χ3v) is 5.26. The first kappa shape index (κ1) is 17.4. The van der Waals surface area contributed by atoms with Crippen LogP contribution < -0.4 is 5.56 Å². The molecule has 0 saturated carbocycles. The lowest BCUT2D eigenvalue weighted by Crippen LogP contribution is -2.19. The zero-order valence-electron chi connectivity index (χ0n) is 15.0. The van der Waals surface area contributed by atoms with E-state index >= 15 is 0 Å². The smallest absolute Gasteiger partial charge is 0.345 e. The zero-order valence-corrected chi connectivity index (χ0v) is 15.0. The normalized spacial score (nSPS) is 14.9. The third-order valence-electron chi connectivity index (χ3n) is 5.26. The maximum atomic E-state index is 12.0. The van der Waals surface area contributed by atoms with Gasteiger partial charge < -0.3 is 19.8 Å². The van der Waals surface area contributed by atoms with Gasteiger partial charge in [-0.15, -0.1) is 0 Å². The zero-order chi connectivity index (χ0) is 19.1. The van der Waals surface area contributed by atoms with Crippen molar-refractivity contribution in [1.82, 2.24) is 14.5 Å². The van der Waals surface area contributed by atoms with E-state index in [1.165, 1.54) is 24.6 Å². The van der Waals surface area contributed by atoms with E-state index in [2.05, 4.69) is 20.5 Å². The molecule has 3 N–H and O–H groups in total. The first-order chi connectivity index (χ1) is 12.9. The molecule has 0 bridgehead atoms. The monoisotopic (exact) mass is 367 g/mol. The van der Waals surface area contributed by atoms with E-state index in [-0.39, 0.29) is 0 Å². The molecule has 1 fully saturated rings. The van der Waals surface area contributed by atoms with E-state index in [0.717, 1.165) is 30.5 Å². The fourth-order valence-electron chi connectivity index (χ4n) is 3.80. The number of aromatic carboxylic acids is 1. The Labute approximate surface area is 155 Å². The number of rotatable bonds is 4. The molecular weight excluding hydrogens is 346 g/mol. The van der Waals surface area contributed by atoms with Crippen LogP contribution in [0.3, 0.4) is 0 Å². The number of hydrogen-bond donors (Lipinski definition) is 3. The van der Waals surface area contributed by atoms with Gasteiger partial charge in [-0.3, -0.25) is 9.69 Å². The highest BCUT2D eigenvalue weighted by Gasteiger charge is 2.18. The summed E-state index contributed by atoms with van der Waals surface area (Å²) in [6.07, 6.45) is 2.49. The van der Waals surface area contributed by atoms with Crippen LogP contribution in [0.4, 0.5) is 0 Å². The first-order valence-electron chi connectivity index (χ1n) is 8.94. The number of aryl methyl sites for hydroxylation is 1. The quantitative estimate of drug-likeness (QED) is 0.658. The molecule has 0 radical (unpaired) electrons. The van der Waals surface area contributed by atoms with Gasteiger partial charge in [0.2, 0.25) is 0 Å². The summed E-state index contributed by atoms with van der Waals surface area (Å²) in [4.78, 5) is 28.0. The summed E-state index contributed by atoms with van der Waals surface area (Å²) in [6.45, 7) is 3.16. The molecule has 1 saturated heterocycles.